The monoisotopic (exact) mass is 329 g/mol. The summed E-state index contributed by atoms with van der Waals surface area (Å²) in [6.07, 6.45) is -0.171. The molecule has 0 aromatic heterocycles. The normalized spacial score (nSPS) is 10.8. The number of anilines is 1. The van der Waals surface area contributed by atoms with E-state index in [0.29, 0.717) is 15.8 Å². The van der Waals surface area contributed by atoms with Gasteiger partial charge in [0.05, 0.1) is 16.8 Å². The van der Waals surface area contributed by atoms with Gasteiger partial charge in [-0.3, -0.25) is 0 Å². The summed E-state index contributed by atoms with van der Waals surface area (Å²) in [6.45, 7) is 3.60. The zero-order chi connectivity index (χ0) is 15.6. The first-order valence-electron chi connectivity index (χ1n) is 6.25. The summed E-state index contributed by atoms with van der Waals surface area (Å²) in [5.74, 6) is 0.154. The second kappa shape index (κ2) is 6.41. The smallest absolute Gasteiger partial charge is 0.167 e. The van der Waals surface area contributed by atoms with Crippen LogP contribution in [0.15, 0.2) is 30.3 Å². The minimum Gasteiger partial charge on any atom is -0.488 e. The number of nitrogens with two attached hydrogens (primary N) is 1. The number of ether oxygens (including phenoxy) is 2. The van der Waals surface area contributed by atoms with Gasteiger partial charge in [-0.25, -0.2) is 4.39 Å². The van der Waals surface area contributed by atoms with Gasteiger partial charge in [0.1, 0.15) is 5.75 Å². The first kappa shape index (κ1) is 15.7. The van der Waals surface area contributed by atoms with Crippen molar-refractivity contribution in [3.63, 3.8) is 0 Å². The van der Waals surface area contributed by atoms with Crippen molar-refractivity contribution in [2.24, 2.45) is 0 Å². The molecule has 0 spiro atoms. The van der Waals surface area contributed by atoms with Crippen LogP contribution in [0.1, 0.15) is 13.8 Å². The fourth-order valence-corrected chi connectivity index (χ4v) is 2.11. The molecule has 0 aliphatic rings. The first-order valence-corrected chi connectivity index (χ1v) is 7.01. The molecule has 112 valence electrons. The maximum absolute atomic E-state index is 13.8. The number of halogens is 3. The van der Waals surface area contributed by atoms with Crippen molar-refractivity contribution >= 4 is 28.9 Å². The highest BCUT2D eigenvalue weighted by atomic mass is 35.5. The molecule has 3 nitrogen and oxygen atoms in total. The Labute approximate surface area is 132 Å². The zero-order valence-electron chi connectivity index (χ0n) is 11.5. The molecule has 2 N–H and O–H groups in total. The van der Waals surface area contributed by atoms with Crippen LogP contribution in [0.2, 0.25) is 10.0 Å². The Kier molecular flexibility index (Phi) is 4.80. The Bertz CT molecular complexity index is 662. The molecule has 0 saturated carbocycles. The maximum Gasteiger partial charge on any atom is 0.167 e. The number of nitrogen functional groups attached to an aromatic ring is 1. The van der Waals surface area contributed by atoms with Crippen LogP contribution >= 0.6 is 23.2 Å². The topological polar surface area (TPSA) is 44.5 Å². The Hall–Kier alpha value is -1.65. The molecule has 0 atom stereocenters. The summed E-state index contributed by atoms with van der Waals surface area (Å²) in [6, 6.07) is 7.33. The summed E-state index contributed by atoms with van der Waals surface area (Å²) in [4.78, 5) is 0. The number of hydrogen-bond acceptors (Lipinski definition) is 3. The predicted octanol–water partition coefficient (Wildman–Crippen LogP) is 5.29. The van der Waals surface area contributed by atoms with Crippen LogP contribution in [0.3, 0.4) is 0 Å². The van der Waals surface area contributed by atoms with Gasteiger partial charge in [-0.1, -0.05) is 23.2 Å². The van der Waals surface area contributed by atoms with Gasteiger partial charge in [0, 0.05) is 17.2 Å². The third kappa shape index (κ3) is 3.93. The van der Waals surface area contributed by atoms with E-state index in [9.17, 15) is 4.39 Å². The highest BCUT2D eigenvalue weighted by Gasteiger charge is 2.13. The Morgan fingerprint density at radius 1 is 1.05 bits per heavy atom. The SMILES string of the molecule is CC(C)Oc1cc(Oc2ccc(Cl)cc2Cl)c(N)cc1F. The van der Waals surface area contributed by atoms with E-state index >= 15 is 0 Å². The summed E-state index contributed by atoms with van der Waals surface area (Å²) < 4.78 is 24.7. The molecule has 6 heteroatoms. The van der Waals surface area contributed by atoms with Crippen LogP contribution in [0, 0.1) is 5.82 Å². The van der Waals surface area contributed by atoms with Gasteiger partial charge in [-0.05, 0) is 32.0 Å². The lowest BCUT2D eigenvalue weighted by atomic mass is 10.2. The first-order chi connectivity index (χ1) is 9.86. The van der Waals surface area contributed by atoms with E-state index in [1.807, 2.05) is 0 Å². The molecule has 0 amide bonds. The van der Waals surface area contributed by atoms with Gasteiger partial charge in [0.25, 0.3) is 0 Å². The third-order valence-corrected chi connectivity index (χ3v) is 3.07. The lowest BCUT2D eigenvalue weighted by Crippen LogP contribution is -2.07. The predicted molar refractivity (Wildman–Crippen MR) is 83.1 cm³/mol. The highest BCUT2D eigenvalue weighted by molar-refractivity contribution is 6.35. The highest BCUT2D eigenvalue weighted by Crippen LogP contribution is 2.37. The van der Waals surface area contributed by atoms with Crippen LogP contribution in [0.25, 0.3) is 0 Å². The molecule has 0 saturated heterocycles. The van der Waals surface area contributed by atoms with E-state index in [1.54, 1.807) is 32.0 Å². The van der Waals surface area contributed by atoms with Gasteiger partial charge >= 0.3 is 0 Å². The Morgan fingerprint density at radius 2 is 1.76 bits per heavy atom. The summed E-state index contributed by atoms with van der Waals surface area (Å²) >= 11 is 11.9. The maximum atomic E-state index is 13.8. The lowest BCUT2D eigenvalue weighted by Gasteiger charge is -2.15. The van der Waals surface area contributed by atoms with Crippen LogP contribution in [-0.4, -0.2) is 6.10 Å². The van der Waals surface area contributed by atoms with Crippen molar-refractivity contribution in [1.29, 1.82) is 0 Å². The van der Waals surface area contributed by atoms with Crippen molar-refractivity contribution in [1.82, 2.24) is 0 Å². The number of benzene rings is 2. The van der Waals surface area contributed by atoms with Crippen molar-refractivity contribution in [2.75, 3.05) is 5.73 Å². The molecular weight excluding hydrogens is 316 g/mol. The zero-order valence-corrected chi connectivity index (χ0v) is 13.0. The van der Waals surface area contributed by atoms with E-state index in [1.165, 1.54) is 6.07 Å². The molecule has 0 radical (unpaired) electrons. The van der Waals surface area contributed by atoms with Crippen LogP contribution in [-0.2, 0) is 0 Å². The van der Waals surface area contributed by atoms with Crippen LogP contribution in [0.4, 0.5) is 10.1 Å². The lowest BCUT2D eigenvalue weighted by molar-refractivity contribution is 0.230. The fraction of sp³-hybridized carbons (Fsp3) is 0.200. The Balaban J connectivity index is 2.34. The minimum absolute atomic E-state index is 0.0688. The molecule has 0 aliphatic heterocycles. The van der Waals surface area contributed by atoms with Crippen LogP contribution < -0.4 is 15.2 Å². The van der Waals surface area contributed by atoms with Crippen molar-refractivity contribution in [2.45, 2.75) is 20.0 Å². The van der Waals surface area contributed by atoms with Gasteiger partial charge in [-0.2, -0.15) is 0 Å². The molecule has 2 aromatic carbocycles. The summed E-state index contributed by atoms with van der Waals surface area (Å²) in [7, 11) is 0. The molecule has 0 unspecified atom stereocenters. The average Bonchev–Trinajstić information content (AvgIpc) is 2.37. The van der Waals surface area contributed by atoms with E-state index in [4.69, 9.17) is 38.4 Å². The van der Waals surface area contributed by atoms with Crippen molar-refractivity contribution in [3.05, 3.63) is 46.2 Å². The van der Waals surface area contributed by atoms with Gasteiger partial charge in [0.2, 0.25) is 0 Å². The van der Waals surface area contributed by atoms with Gasteiger partial charge in [0.15, 0.2) is 17.3 Å². The molecule has 0 heterocycles. The second-order valence-electron chi connectivity index (χ2n) is 4.66. The van der Waals surface area contributed by atoms with E-state index in [-0.39, 0.29) is 23.3 Å². The summed E-state index contributed by atoms with van der Waals surface area (Å²) in [5, 5.41) is 0.820. The largest absolute Gasteiger partial charge is 0.488 e. The van der Waals surface area contributed by atoms with Crippen molar-refractivity contribution < 1.29 is 13.9 Å². The summed E-state index contributed by atoms with van der Waals surface area (Å²) in [5.41, 5.74) is 5.91. The number of rotatable bonds is 4. The molecule has 21 heavy (non-hydrogen) atoms. The molecular formula is C15H14Cl2FNO2. The molecule has 0 fully saturated rings. The number of hydrogen-bond donors (Lipinski definition) is 1. The van der Waals surface area contributed by atoms with E-state index in [0.717, 1.165) is 6.07 Å². The quantitative estimate of drug-likeness (QED) is 0.774. The average molecular weight is 330 g/mol. The Morgan fingerprint density at radius 3 is 2.38 bits per heavy atom. The fourth-order valence-electron chi connectivity index (χ4n) is 1.66. The minimum atomic E-state index is -0.546. The van der Waals surface area contributed by atoms with Crippen molar-refractivity contribution in [3.8, 4) is 17.2 Å². The molecule has 2 aromatic rings. The second-order valence-corrected chi connectivity index (χ2v) is 5.51. The molecule has 0 aliphatic carbocycles. The van der Waals surface area contributed by atoms with E-state index < -0.39 is 5.82 Å². The molecule has 2 rings (SSSR count). The molecule has 0 bridgehead atoms. The standard InChI is InChI=1S/C15H14Cl2FNO2/c1-8(2)20-14-7-15(12(19)6-11(14)18)21-13-4-3-9(16)5-10(13)17/h3-8H,19H2,1-2H3. The van der Waals surface area contributed by atoms with E-state index in [2.05, 4.69) is 0 Å². The third-order valence-electron chi connectivity index (χ3n) is 2.54. The van der Waals surface area contributed by atoms with Crippen LogP contribution in [0.5, 0.6) is 17.2 Å². The van der Waals surface area contributed by atoms with Gasteiger partial charge in [-0.15, -0.1) is 0 Å². The van der Waals surface area contributed by atoms with Gasteiger partial charge < -0.3 is 15.2 Å².